The largest absolute Gasteiger partial charge is 0.383 e. The van der Waals surface area contributed by atoms with E-state index in [1.807, 2.05) is 0 Å². The molecule has 2 N–H and O–H groups in total. The molecule has 0 bridgehead atoms. The zero-order valence-corrected chi connectivity index (χ0v) is 12.7. The summed E-state index contributed by atoms with van der Waals surface area (Å²) in [6, 6.07) is 1.45. The number of nitrogen functional groups attached to an aromatic ring is 1. The van der Waals surface area contributed by atoms with Crippen molar-refractivity contribution in [2.75, 3.05) is 32.5 Å². The van der Waals surface area contributed by atoms with Crippen molar-refractivity contribution in [3.05, 3.63) is 16.7 Å². The molecule has 0 aliphatic rings. The molecule has 0 fully saturated rings. The fraction of sp³-hybridized carbons (Fsp3) is 0.500. The standard InChI is InChI=1S/C10H16BrN3O3S/c1-3-14(4-5-17-2)18(15,16)9-6-8(11)7-13-10(9)12/h6-7H,3-5H2,1-2H3,(H2,12,13). The second-order valence-electron chi connectivity index (χ2n) is 3.53. The lowest BCUT2D eigenvalue weighted by atomic mass is 10.5. The van der Waals surface area contributed by atoms with Gasteiger partial charge in [0.25, 0.3) is 0 Å². The second kappa shape index (κ2) is 6.46. The van der Waals surface area contributed by atoms with Crippen molar-refractivity contribution in [1.29, 1.82) is 0 Å². The Balaban J connectivity index is 3.14. The number of anilines is 1. The van der Waals surface area contributed by atoms with E-state index < -0.39 is 10.0 Å². The highest BCUT2D eigenvalue weighted by atomic mass is 79.9. The van der Waals surface area contributed by atoms with Gasteiger partial charge >= 0.3 is 0 Å². The van der Waals surface area contributed by atoms with E-state index in [9.17, 15) is 8.42 Å². The number of hydrogen-bond donors (Lipinski definition) is 1. The number of halogens is 1. The fourth-order valence-corrected chi connectivity index (χ4v) is 3.43. The van der Waals surface area contributed by atoms with E-state index in [0.29, 0.717) is 17.6 Å². The summed E-state index contributed by atoms with van der Waals surface area (Å²) in [4.78, 5) is 3.84. The SMILES string of the molecule is CCN(CCOC)S(=O)(=O)c1cc(Br)cnc1N. The van der Waals surface area contributed by atoms with Gasteiger partial charge in [-0.05, 0) is 22.0 Å². The molecule has 1 heterocycles. The third kappa shape index (κ3) is 3.41. The van der Waals surface area contributed by atoms with Crippen LogP contribution in [0.2, 0.25) is 0 Å². The van der Waals surface area contributed by atoms with Crippen LogP contribution in [0.1, 0.15) is 6.92 Å². The molecule has 0 spiro atoms. The molecule has 0 atom stereocenters. The molecule has 0 saturated carbocycles. The van der Waals surface area contributed by atoms with E-state index in [1.54, 1.807) is 6.92 Å². The molecule has 0 aliphatic carbocycles. The summed E-state index contributed by atoms with van der Waals surface area (Å²) in [5, 5.41) is 0. The predicted octanol–water partition coefficient (Wildman–Crippen LogP) is 1.08. The van der Waals surface area contributed by atoms with Gasteiger partial charge in [-0.1, -0.05) is 6.92 Å². The van der Waals surface area contributed by atoms with Crippen molar-refractivity contribution in [2.45, 2.75) is 11.8 Å². The molecule has 1 rings (SSSR count). The van der Waals surface area contributed by atoms with E-state index in [2.05, 4.69) is 20.9 Å². The fourth-order valence-electron chi connectivity index (χ4n) is 1.42. The van der Waals surface area contributed by atoms with Gasteiger partial charge in [-0.3, -0.25) is 0 Å². The highest BCUT2D eigenvalue weighted by Crippen LogP contribution is 2.23. The minimum atomic E-state index is -3.64. The van der Waals surface area contributed by atoms with Crippen LogP contribution in [0, 0.1) is 0 Å². The normalized spacial score (nSPS) is 12.0. The van der Waals surface area contributed by atoms with Gasteiger partial charge in [-0.25, -0.2) is 13.4 Å². The van der Waals surface area contributed by atoms with Crippen LogP contribution in [0.5, 0.6) is 0 Å². The molecule has 1 aromatic heterocycles. The third-order valence-corrected chi connectivity index (χ3v) is 4.80. The number of nitrogens with zero attached hydrogens (tertiary/aromatic N) is 2. The van der Waals surface area contributed by atoms with Gasteiger partial charge in [-0.2, -0.15) is 4.31 Å². The van der Waals surface area contributed by atoms with Crippen LogP contribution in [-0.4, -0.2) is 44.5 Å². The first-order valence-corrected chi connectivity index (χ1v) is 7.57. The molecule has 0 aromatic carbocycles. The summed E-state index contributed by atoms with van der Waals surface area (Å²) in [5.74, 6) is -0.00549. The number of methoxy groups -OCH3 is 1. The first kappa shape index (κ1) is 15.4. The van der Waals surface area contributed by atoms with Crippen LogP contribution in [0.25, 0.3) is 0 Å². The van der Waals surface area contributed by atoms with Crippen LogP contribution in [0.3, 0.4) is 0 Å². The van der Waals surface area contributed by atoms with Crippen LogP contribution in [-0.2, 0) is 14.8 Å². The van der Waals surface area contributed by atoms with Gasteiger partial charge in [0.1, 0.15) is 10.7 Å². The van der Waals surface area contributed by atoms with E-state index in [1.165, 1.54) is 23.7 Å². The molecule has 18 heavy (non-hydrogen) atoms. The molecule has 0 saturated heterocycles. The molecule has 1 aromatic rings. The van der Waals surface area contributed by atoms with Gasteiger partial charge in [0.05, 0.1) is 6.61 Å². The van der Waals surface area contributed by atoms with Crippen molar-refractivity contribution < 1.29 is 13.2 Å². The Morgan fingerprint density at radius 2 is 2.22 bits per heavy atom. The maximum absolute atomic E-state index is 12.4. The zero-order valence-electron chi connectivity index (χ0n) is 10.3. The smallest absolute Gasteiger partial charge is 0.246 e. The number of hydrogen-bond acceptors (Lipinski definition) is 5. The quantitative estimate of drug-likeness (QED) is 0.839. The van der Waals surface area contributed by atoms with Crippen molar-refractivity contribution in [1.82, 2.24) is 9.29 Å². The topological polar surface area (TPSA) is 85.5 Å². The first-order valence-electron chi connectivity index (χ1n) is 5.33. The van der Waals surface area contributed by atoms with Gasteiger partial charge in [0.15, 0.2) is 0 Å². The Labute approximate surface area is 115 Å². The van der Waals surface area contributed by atoms with Crippen LogP contribution >= 0.6 is 15.9 Å². The number of pyridine rings is 1. The van der Waals surface area contributed by atoms with Crippen molar-refractivity contribution in [2.24, 2.45) is 0 Å². The molecular formula is C10H16BrN3O3S. The number of rotatable bonds is 6. The maximum atomic E-state index is 12.4. The first-order chi connectivity index (χ1) is 8.43. The van der Waals surface area contributed by atoms with Gasteiger partial charge in [0.2, 0.25) is 10.0 Å². The molecule has 8 heteroatoms. The minimum absolute atomic E-state index is 0.00549. The Kier molecular flexibility index (Phi) is 5.51. The average molecular weight is 338 g/mol. The van der Waals surface area contributed by atoms with Crippen molar-refractivity contribution >= 4 is 31.8 Å². The highest BCUT2D eigenvalue weighted by Gasteiger charge is 2.25. The summed E-state index contributed by atoms with van der Waals surface area (Å²) in [5.41, 5.74) is 5.63. The Morgan fingerprint density at radius 1 is 1.56 bits per heavy atom. The van der Waals surface area contributed by atoms with Crippen molar-refractivity contribution in [3.63, 3.8) is 0 Å². The third-order valence-electron chi connectivity index (χ3n) is 2.36. The molecule has 102 valence electrons. The van der Waals surface area contributed by atoms with Gasteiger partial charge in [-0.15, -0.1) is 0 Å². The Morgan fingerprint density at radius 3 is 2.78 bits per heavy atom. The summed E-state index contributed by atoms with van der Waals surface area (Å²) >= 11 is 3.19. The molecule has 0 radical (unpaired) electrons. The lowest BCUT2D eigenvalue weighted by Crippen LogP contribution is -2.34. The lowest BCUT2D eigenvalue weighted by Gasteiger charge is -2.20. The lowest BCUT2D eigenvalue weighted by molar-refractivity contribution is 0.180. The second-order valence-corrected chi connectivity index (χ2v) is 6.35. The van der Waals surface area contributed by atoms with Gasteiger partial charge in [0, 0.05) is 30.9 Å². The number of sulfonamides is 1. The van der Waals surface area contributed by atoms with E-state index in [-0.39, 0.29) is 17.3 Å². The summed E-state index contributed by atoms with van der Waals surface area (Å²) in [6.45, 7) is 2.71. The molecule has 0 unspecified atom stereocenters. The van der Waals surface area contributed by atoms with Crippen LogP contribution in [0.15, 0.2) is 21.6 Å². The Bertz CT molecular complexity index is 507. The van der Waals surface area contributed by atoms with Crippen molar-refractivity contribution in [3.8, 4) is 0 Å². The predicted molar refractivity (Wildman–Crippen MR) is 72.7 cm³/mol. The van der Waals surface area contributed by atoms with Crippen LogP contribution < -0.4 is 5.73 Å². The zero-order chi connectivity index (χ0) is 13.8. The average Bonchev–Trinajstić information content (AvgIpc) is 2.33. The molecule has 0 aliphatic heterocycles. The number of nitrogens with two attached hydrogens (primary N) is 1. The number of aromatic nitrogens is 1. The monoisotopic (exact) mass is 337 g/mol. The maximum Gasteiger partial charge on any atom is 0.246 e. The number of likely N-dealkylation sites (N-methyl/N-ethyl adjacent to an activating group) is 1. The Hall–Kier alpha value is -0.700. The molecule has 0 amide bonds. The number of ether oxygens (including phenoxy) is 1. The summed E-state index contributed by atoms with van der Waals surface area (Å²) < 4.78 is 31.5. The van der Waals surface area contributed by atoms with E-state index in [0.717, 1.165) is 0 Å². The van der Waals surface area contributed by atoms with E-state index >= 15 is 0 Å². The van der Waals surface area contributed by atoms with E-state index in [4.69, 9.17) is 10.5 Å². The minimum Gasteiger partial charge on any atom is -0.383 e. The van der Waals surface area contributed by atoms with Crippen LogP contribution in [0.4, 0.5) is 5.82 Å². The summed E-state index contributed by atoms with van der Waals surface area (Å²) in [6.07, 6.45) is 1.46. The summed E-state index contributed by atoms with van der Waals surface area (Å²) in [7, 11) is -2.12. The molecule has 6 nitrogen and oxygen atoms in total. The van der Waals surface area contributed by atoms with Gasteiger partial charge < -0.3 is 10.5 Å². The molecular weight excluding hydrogens is 322 g/mol. The highest BCUT2D eigenvalue weighted by molar-refractivity contribution is 9.10.